The summed E-state index contributed by atoms with van der Waals surface area (Å²) < 4.78 is 16.7. The molecule has 0 heterocycles. The average molecular weight is 411 g/mol. The average Bonchev–Trinajstić information content (AvgIpc) is 2.63. The lowest BCUT2D eigenvalue weighted by Crippen LogP contribution is -2.13. The van der Waals surface area contributed by atoms with E-state index >= 15 is 0 Å². The normalized spacial score (nSPS) is 11.9. The standard InChI is InChI=1S/C21H24Cl2O4/c1-4-25-20(12-21(24)26-5-2)16-7-9-19(14(3)10-16)27-13-15-6-8-17(22)18(23)11-15/h6-11,20H,4-5,12-13H2,1-3H3/t20-/m1/s1. The smallest absolute Gasteiger partial charge is 0.308 e. The Morgan fingerprint density at radius 3 is 2.44 bits per heavy atom. The van der Waals surface area contributed by atoms with Crippen LogP contribution < -0.4 is 4.74 Å². The molecule has 0 saturated carbocycles. The van der Waals surface area contributed by atoms with E-state index in [-0.39, 0.29) is 18.5 Å². The second-order valence-corrected chi connectivity index (χ2v) is 6.83. The highest BCUT2D eigenvalue weighted by Crippen LogP contribution is 2.28. The Bertz CT molecular complexity index is 777. The number of hydrogen-bond acceptors (Lipinski definition) is 4. The minimum absolute atomic E-state index is 0.185. The molecular weight excluding hydrogens is 387 g/mol. The third-order valence-electron chi connectivity index (χ3n) is 3.97. The first-order chi connectivity index (χ1) is 12.9. The number of aryl methyl sites for hydroxylation is 1. The van der Waals surface area contributed by atoms with Crippen LogP contribution in [0.4, 0.5) is 0 Å². The van der Waals surface area contributed by atoms with E-state index in [9.17, 15) is 4.79 Å². The molecule has 0 amide bonds. The van der Waals surface area contributed by atoms with E-state index in [0.29, 0.717) is 29.9 Å². The topological polar surface area (TPSA) is 44.8 Å². The maximum absolute atomic E-state index is 11.8. The van der Waals surface area contributed by atoms with Gasteiger partial charge in [-0.3, -0.25) is 4.79 Å². The highest BCUT2D eigenvalue weighted by atomic mass is 35.5. The number of esters is 1. The summed E-state index contributed by atoms with van der Waals surface area (Å²) >= 11 is 12.0. The lowest BCUT2D eigenvalue weighted by atomic mass is 10.0. The van der Waals surface area contributed by atoms with Crippen LogP contribution in [-0.4, -0.2) is 19.2 Å². The van der Waals surface area contributed by atoms with E-state index in [0.717, 1.165) is 22.4 Å². The third kappa shape index (κ3) is 6.42. The first-order valence-corrected chi connectivity index (χ1v) is 9.64. The van der Waals surface area contributed by atoms with E-state index in [1.54, 1.807) is 19.1 Å². The molecule has 0 unspecified atom stereocenters. The number of halogens is 2. The van der Waals surface area contributed by atoms with Crippen LogP contribution in [0.1, 0.15) is 43.1 Å². The SMILES string of the molecule is CCOC(=O)C[C@@H](OCC)c1ccc(OCc2ccc(Cl)c(Cl)c2)c(C)c1. The Morgan fingerprint density at radius 1 is 1.04 bits per heavy atom. The molecule has 2 aromatic carbocycles. The maximum atomic E-state index is 11.8. The van der Waals surface area contributed by atoms with E-state index in [1.165, 1.54) is 0 Å². The molecule has 0 radical (unpaired) electrons. The van der Waals surface area contributed by atoms with Gasteiger partial charge in [0.05, 0.1) is 29.2 Å². The van der Waals surface area contributed by atoms with Gasteiger partial charge >= 0.3 is 5.97 Å². The number of rotatable bonds is 9. The van der Waals surface area contributed by atoms with E-state index in [4.69, 9.17) is 37.4 Å². The number of hydrogen-bond donors (Lipinski definition) is 0. The first-order valence-electron chi connectivity index (χ1n) is 8.89. The predicted octanol–water partition coefficient (Wildman–Crippen LogP) is 5.91. The molecule has 0 bridgehead atoms. The Kier molecular flexibility index (Phi) is 8.42. The van der Waals surface area contributed by atoms with Gasteiger partial charge in [0.25, 0.3) is 0 Å². The zero-order chi connectivity index (χ0) is 19.8. The molecule has 6 heteroatoms. The van der Waals surface area contributed by atoms with Crippen molar-refractivity contribution in [2.75, 3.05) is 13.2 Å². The fourth-order valence-corrected chi connectivity index (χ4v) is 2.99. The molecule has 4 nitrogen and oxygen atoms in total. The summed E-state index contributed by atoms with van der Waals surface area (Å²) in [5, 5.41) is 1.02. The van der Waals surface area contributed by atoms with Crippen molar-refractivity contribution >= 4 is 29.2 Å². The number of benzene rings is 2. The lowest BCUT2D eigenvalue weighted by Gasteiger charge is -2.18. The minimum atomic E-state index is -0.336. The molecule has 0 aromatic heterocycles. The summed E-state index contributed by atoms with van der Waals surface area (Å²) in [5.41, 5.74) is 2.81. The Hall–Kier alpha value is -1.75. The summed E-state index contributed by atoms with van der Waals surface area (Å²) in [7, 11) is 0. The fraction of sp³-hybridized carbons (Fsp3) is 0.381. The lowest BCUT2D eigenvalue weighted by molar-refractivity contribution is -0.146. The van der Waals surface area contributed by atoms with Crippen molar-refractivity contribution in [3.8, 4) is 5.75 Å². The van der Waals surface area contributed by atoms with Crippen LogP contribution in [0.15, 0.2) is 36.4 Å². The molecule has 0 aliphatic heterocycles. The monoisotopic (exact) mass is 410 g/mol. The van der Waals surface area contributed by atoms with Crippen molar-refractivity contribution in [2.45, 2.75) is 39.9 Å². The summed E-state index contributed by atoms with van der Waals surface area (Å²) in [5.74, 6) is 0.491. The van der Waals surface area contributed by atoms with E-state index < -0.39 is 0 Å². The van der Waals surface area contributed by atoms with Crippen molar-refractivity contribution < 1.29 is 19.0 Å². The second kappa shape index (κ2) is 10.5. The fourth-order valence-electron chi connectivity index (χ4n) is 2.67. The largest absolute Gasteiger partial charge is 0.489 e. The number of carbonyl (C=O) groups is 1. The highest BCUT2D eigenvalue weighted by Gasteiger charge is 2.18. The van der Waals surface area contributed by atoms with Crippen LogP contribution in [0.25, 0.3) is 0 Å². The van der Waals surface area contributed by atoms with Crippen LogP contribution in [-0.2, 0) is 20.9 Å². The molecule has 2 aromatic rings. The third-order valence-corrected chi connectivity index (χ3v) is 4.71. The minimum Gasteiger partial charge on any atom is -0.489 e. The molecule has 0 aliphatic carbocycles. The number of carbonyl (C=O) groups excluding carboxylic acids is 1. The predicted molar refractivity (Wildman–Crippen MR) is 108 cm³/mol. The zero-order valence-corrected chi connectivity index (χ0v) is 17.3. The summed E-state index contributed by atoms with van der Waals surface area (Å²) in [6, 6.07) is 11.2. The maximum Gasteiger partial charge on any atom is 0.308 e. The Balaban J connectivity index is 2.08. The summed E-state index contributed by atoms with van der Waals surface area (Å²) in [4.78, 5) is 11.8. The second-order valence-electron chi connectivity index (χ2n) is 6.02. The van der Waals surface area contributed by atoms with Gasteiger partial charge in [0, 0.05) is 6.61 Å². The van der Waals surface area contributed by atoms with Gasteiger partial charge in [-0.1, -0.05) is 35.3 Å². The summed E-state index contributed by atoms with van der Waals surface area (Å²) in [6.45, 7) is 6.91. The van der Waals surface area contributed by atoms with Crippen LogP contribution in [0.2, 0.25) is 10.0 Å². The zero-order valence-electron chi connectivity index (χ0n) is 15.8. The molecule has 146 valence electrons. The summed E-state index contributed by atoms with van der Waals surface area (Å²) in [6.07, 6.45) is -0.151. The van der Waals surface area contributed by atoms with Gasteiger partial charge in [0.2, 0.25) is 0 Å². The van der Waals surface area contributed by atoms with Gasteiger partial charge in [-0.2, -0.15) is 0 Å². The Morgan fingerprint density at radius 2 is 1.81 bits per heavy atom. The molecule has 2 rings (SSSR count). The highest BCUT2D eigenvalue weighted by molar-refractivity contribution is 6.42. The first kappa shape index (κ1) is 21.5. The molecular formula is C21H24Cl2O4. The van der Waals surface area contributed by atoms with Gasteiger partial charge < -0.3 is 14.2 Å². The van der Waals surface area contributed by atoms with Crippen molar-refractivity contribution in [3.63, 3.8) is 0 Å². The van der Waals surface area contributed by atoms with Gasteiger partial charge in [0.1, 0.15) is 12.4 Å². The quantitative estimate of drug-likeness (QED) is 0.481. The Labute approximate surface area is 170 Å². The number of ether oxygens (including phenoxy) is 3. The van der Waals surface area contributed by atoms with Gasteiger partial charge in [-0.05, 0) is 61.7 Å². The van der Waals surface area contributed by atoms with Gasteiger partial charge in [0.15, 0.2) is 0 Å². The molecule has 0 saturated heterocycles. The molecule has 27 heavy (non-hydrogen) atoms. The van der Waals surface area contributed by atoms with Crippen molar-refractivity contribution in [2.24, 2.45) is 0 Å². The van der Waals surface area contributed by atoms with Crippen LogP contribution in [0.3, 0.4) is 0 Å². The molecule has 0 fully saturated rings. The van der Waals surface area contributed by atoms with Crippen molar-refractivity contribution in [1.82, 2.24) is 0 Å². The van der Waals surface area contributed by atoms with E-state index in [2.05, 4.69) is 0 Å². The van der Waals surface area contributed by atoms with Crippen LogP contribution in [0.5, 0.6) is 5.75 Å². The molecule has 0 N–H and O–H groups in total. The molecule has 0 spiro atoms. The van der Waals surface area contributed by atoms with E-state index in [1.807, 2.05) is 38.1 Å². The van der Waals surface area contributed by atoms with Crippen LogP contribution in [0, 0.1) is 6.92 Å². The van der Waals surface area contributed by atoms with Gasteiger partial charge in [-0.25, -0.2) is 0 Å². The molecule has 1 atom stereocenters. The van der Waals surface area contributed by atoms with Gasteiger partial charge in [-0.15, -0.1) is 0 Å². The molecule has 0 aliphatic rings. The van der Waals surface area contributed by atoms with Crippen molar-refractivity contribution in [1.29, 1.82) is 0 Å². The van der Waals surface area contributed by atoms with Crippen LogP contribution >= 0.6 is 23.2 Å². The van der Waals surface area contributed by atoms with Crippen molar-refractivity contribution in [3.05, 3.63) is 63.1 Å².